The number of allylic oxidation sites excluding steroid dienone is 1. The van der Waals surface area contributed by atoms with Crippen LogP contribution in [-0.2, 0) is 4.79 Å². The fourth-order valence-electron chi connectivity index (χ4n) is 3.12. The second-order valence-electron chi connectivity index (χ2n) is 5.76. The molecule has 1 fully saturated rings. The average Bonchev–Trinajstić information content (AvgIpc) is 2.61. The van der Waals surface area contributed by atoms with Gasteiger partial charge in [0.1, 0.15) is 0 Å². The van der Waals surface area contributed by atoms with Crippen molar-refractivity contribution in [1.82, 2.24) is 9.80 Å². The van der Waals surface area contributed by atoms with Crippen molar-refractivity contribution in [1.29, 1.82) is 5.26 Å². The van der Waals surface area contributed by atoms with E-state index in [1.54, 1.807) is 19.1 Å². The fourth-order valence-corrected chi connectivity index (χ4v) is 4.21. The SMILES string of the molecule is COc1cccc([C@@H]2CC(=O)N3CN(C)CSC3=C2C#N)c1OC. The first-order valence-corrected chi connectivity index (χ1v) is 8.56. The molecule has 7 heteroatoms. The lowest BCUT2D eigenvalue weighted by Crippen LogP contribution is -2.45. The van der Waals surface area contributed by atoms with Gasteiger partial charge in [-0.25, -0.2) is 0 Å². The molecule has 0 aromatic heterocycles. The zero-order valence-electron chi connectivity index (χ0n) is 13.9. The highest BCUT2D eigenvalue weighted by Crippen LogP contribution is 2.46. The maximum atomic E-state index is 12.6. The van der Waals surface area contributed by atoms with Crippen molar-refractivity contribution in [2.24, 2.45) is 0 Å². The Kier molecular flexibility index (Phi) is 4.69. The van der Waals surface area contributed by atoms with Gasteiger partial charge in [-0.15, -0.1) is 0 Å². The molecule has 1 saturated heterocycles. The number of hydrogen-bond acceptors (Lipinski definition) is 6. The van der Waals surface area contributed by atoms with Crippen molar-refractivity contribution in [3.8, 4) is 17.6 Å². The van der Waals surface area contributed by atoms with Gasteiger partial charge in [-0.2, -0.15) is 5.26 Å². The molecule has 0 N–H and O–H groups in total. The van der Waals surface area contributed by atoms with Crippen molar-refractivity contribution in [2.75, 3.05) is 33.8 Å². The number of thioether (sulfide) groups is 1. The molecule has 2 aliphatic rings. The van der Waals surface area contributed by atoms with Gasteiger partial charge in [0.05, 0.1) is 43.4 Å². The highest BCUT2D eigenvalue weighted by atomic mass is 32.2. The Morgan fingerprint density at radius 3 is 2.79 bits per heavy atom. The molecular weight excluding hydrogens is 326 g/mol. The molecule has 126 valence electrons. The molecule has 2 heterocycles. The third-order valence-electron chi connectivity index (χ3n) is 4.24. The fraction of sp³-hybridized carbons (Fsp3) is 0.412. The summed E-state index contributed by atoms with van der Waals surface area (Å²) in [5, 5.41) is 10.5. The van der Waals surface area contributed by atoms with Gasteiger partial charge < -0.3 is 9.47 Å². The molecule has 0 unspecified atom stereocenters. The van der Waals surface area contributed by atoms with Crippen LogP contribution in [0.2, 0.25) is 0 Å². The molecule has 1 amide bonds. The Morgan fingerprint density at radius 1 is 1.33 bits per heavy atom. The van der Waals surface area contributed by atoms with Gasteiger partial charge >= 0.3 is 0 Å². The topological polar surface area (TPSA) is 65.8 Å². The van der Waals surface area contributed by atoms with E-state index in [2.05, 4.69) is 6.07 Å². The van der Waals surface area contributed by atoms with Gasteiger partial charge in [-0.3, -0.25) is 14.6 Å². The number of carbonyl (C=O) groups is 1. The van der Waals surface area contributed by atoms with Gasteiger partial charge in [0.15, 0.2) is 11.5 Å². The van der Waals surface area contributed by atoms with Gasteiger partial charge in [-0.05, 0) is 13.1 Å². The second kappa shape index (κ2) is 6.75. The molecule has 0 aliphatic carbocycles. The van der Waals surface area contributed by atoms with Crippen molar-refractivity contribution >= 4 is 17.7 Å². The third-order valence-corrected chi connectivity index (χ3v) is 5.52. The van der Waals surface area contributed by atoms with Gasteiger partial charge in [0.25, 0.3) is 0 Å². The van der Waals surface area contributed by atoms with Crippen LogP contribution in [0.5, 0.6) is 11.5 Å². The van der Waals surface area contributed by atoms with E-state index in [-0.39, 0.29) is 18.2 Å². The van der Waals surface area contributed by atoms with Crippen molar-refractivity contribution in [3.05, 3.63) is 34.4 Å². The summed E-state index contributed by atoms with van der Waals surface area (Å²) in [4.78, 5) is 16.4. The number of methoxy groups -OCH3 is 2. The molecule has 0 radical (unpaired) electrons. The van der Waals surface area contributed by atoms with E-state index < -0.39 is 0 Å². The molecule has 24 heavy (non-hydrogen) atoms. The number of amides is 1. The Labute approximate surface area is 145 Å². The number of nitrogens with zero attached hydrogens (tertiary/aromatic N) is 3. The Morgan fingerprint density at radius 2 is 2.12 bits per heavy atom. The van der Waals surface area contributed by atoms with Crippen molar-refractivity contribution < 1.29 is 14.3 Å². The second-order valence-corrected chi connectivity index (χ2v) is 6.70. The summed E-state index contributed by atoms with van der Waals surface area (Å²) in [6.07, 6.45) is 0.254. The average molecular weight is 345 g/mol. The lowest BCUT2D eigenvalue weighted by atomic mass is 9.85. The zero-order valence-corrected chi connectivity index (χ0v) is 14.7. The van der Waals surface area contributed by atoms with E-state index in [4.69, 9.17) is 9.47 Å². The monoisotopic (exact) mass is 345 g/mol. The first kappa shape index (κ1) is 16.7. The van der Waals surface area contributed by atoms with Crippen molar-refractivity contribution in [2.45, 2.75) is 12.3 Å². The third kappa shape index (κ3) is 2.72. The summed E-state index contributed by atoms with van der Waals surface area (Å²) in [5.74, 6) is 1.65. The van der Waals surface area contributed by atoms with Gasteiger partial charge in [-0.1, -0.05) is 23.9 Å². The highest BCUT2D eigenvalue weighted by Gasteiger charge is 2.38. The number of fused-ring (bicyclic) bond motifs is 1. The molecule has 6 nitrogen and oxygen atoms in total. The van der Waals surface area contributed by atoms with Gasteiger partial charge in [0.2, 0.25) is 5.91 Å². The number of ether oxygens (including phenoxy) is 2. The summed E-state index contributed by atoms with van der Waals surface area (Å²) in [5.41, 5.74) is 1.44. The summed E-state index contributed by atoms with van der Waals surface area (Å²) >= 11 is 1.53. The molecule has 1 aromatic carbocycles. The molecule has 0 bridgehead atoms. The summed E-state index contributed by atoms with van der Waals surface area (Å²) < 4.78 is 10.9. The summed E-state index contributed by atoms with van der Waals surface area (Å²) in [6, 6.07) is 7.89. The normalized spacial score (nSPS) is 21.3. The molecule has 3 rings (SSSR count). The highest BCUT2D eigenvalue weighted by molar-refractivity contribution is 8.03. The molecule has 1 atom stereocenters. The molecule has 2 aliphatic heterocycles. The van der Waals surface area contributed by atoms with Crippen LogP contribution in [0.1, 0.15) is 17.9 Å². The number of benzene rings is 1. The lowest BCUT2D eigenvalue weighted by Gasteiger charge is -2.40. The maximum absolute atomic E-state index is 12.6. The van der Waals surface area contributed by atoms with Crippen LogP contribution in [0.25, 0.3) is 0 Å². The van der Waals surface area contributed by atoms with Crippen LogP contribution in [-0.4, -0.2) is 49.5 Å². The van der Waals surface area contributed by atoms with Crippen LogP contribution in [0.15, 0.2) is 28.8 Å². The van der Waals surface area contributed by atoms with E-state index in [0.29, 0.717) is 23.7 Å². The smallest absolute Gasteiger partial charge is 0.229 e. The van der Waals surface area contributed by atoms with E-state index in [1.807, 2.05) is 30.1 Å². The minimum atomic E-state index is -0.310. The molecule has 1 aromatic rings. The van der Waals surface area contributed by atoms with E-state index in [1.165, 1.54) is 11.8 Å². The van der Waals surface area contributed by atoms with E-state index >= 15 is 0 Å². The van der Waals surface area contributed by atoms with E-state index in [0.717, 1.165) is 16.5 Å². The molecule has 0 saturated carbocycles. The lowest BCUT2D eigenvalue weighted by molar-refractivity contribution is -0.131. The van der Waals surface area contributed by atoms with Crippen LogP contribution < -0.4 is 9.47 Å². The summed E-state index contributed by atoms with van der Waals surface area (Å²) in [6.45, 7) is 0.522. The van der Waals surface area contributed by atoms with Crippen LogP contribution >= 0.6 is 11.8 Å². The standard InChI is InChI=1S/C17H19N3O3S/c1-19-9-20-15(21)7-12(13(8-18)17(20)24-10-19)11-5-4-6-14(22-2)16(11)23-3/h4-6,12H,7,9-10H2,1-3H3/t12-/m0/s1. The van der Waals surface area contributed by atoms with Crippen molar-refractivity contribution in [3.63, 3.8) is 0 Å². The number of rotatable bonds is 3. The van der Waals surface area contributed by atoms with Crippen LogP contribution in [0.3, 0.4) is 0 Å². The van der Waals surface area contributed by atoms with Crippen LogP contribution in [0.4, 0.5) is 0 Å². The van der Waals surface area contributed by atoms with Crippen LogP contribution in [0, 0.1) is 11.3 Å². The number of nitriles is 1. The largest absolute Gasteiger partial charge is 0.493 e. The Balaban J connectivity index is 2.11. The predicted molar refractivity (Wildman–Crippen MR) is 91.5 cm³/mol. The summed E-state index contributed by atoms with van der Waals surface area (Å²) in [7, 11) is 5.11. The predicted octanol–water partition coefficient (Wildman–Crippen LogP) is 2.35. The number of hydrogen-bond donors (Lipinski definition) is 0. The first-order valence-electron chi connectivity index (χ1n) is 7.57. The molecular formula is C17H19N3O3S. The minimum absolute atomic E-state index is 0.0259. The molecule has 0 spiro atoms. The minimum Gasteiger partial charge on any atom is -0.493 e. The Hall–Kier alpha value is -2.17. The number of carbonyl (C=O) groups excluding carboxylic acids is 1. The Bertz CT molecular complexity index is 741. The van der Waals surface area contributed by atoms with Gasteiger partial charge in [0, 0.05) is 17.9 Å². The number of para-hydroxylation sites is 1. The zero-order chi connectivity index (χ0) is 17.3. The first-order chi connectivity index (χ1) is 11.6. The maximum Gasteiger partial charge on any atom is 0.229 e. The quantitative estimate of drug-likeness (QED) is 0.838. The van der Waals surface area contributed by atoms with E-state index in [9.17, 15) is 10.1 Å².